The number of anilines is 1. The number of ether oxygens (including phenoxy) is 1. The SMILES string of the molecule is COc1ccc(N(CCC(N)=O)Cc2cc(-c3ccc(Cl)cc3Cl)no2)cc1. The predicted molar refractivity (Wildman–Crippen MR) is 110 cm³/mol. The smallest absolute Gasteiger partial charge is 0.219 e. The fourth-order valence-electron chi connectivity index (χ4n) is 2.74. The maximum atomic E-state index is 11.3. The van der Waals surface area contributed by atoms with E-state index in [-0.39, 0.29) is 12.3 Å². The van der Waals surface area contributed by atoms with Gasteiger partial charge in [0.1, 0.15) is 11.4 Å². The van der Waals surface area contributed by atoms with Crippen LogP contribution in [-0.2, 0) is 11.3 Å². The monoisotopic (exact) mass is 419 g/mol. The number of nitrogens with two attached hydrogens (primary N) is 1. The second-order valence-electron chi connectivity index (χ2n) is 6.14. The third kappa shape index (κ3) is 4.97. The van der Waals surface area contributed by atoms with Crippen LogP contribution in [0.1, 0.15) is 12.2 Å². The summed E-state index contributed by atoms with van der Waals surface area (Å²) in [5.41, 5.74) is 7.57. The number of rotatable bonds is 8. The van der Waals surface area contributed by atoms with E-state index in [4.69, 9.17) is 38.2 Å². The van der Waals surface area contributed by atoms with Crippen LogP contribution in [0.2, 0.25) is 10.0 Å². The largest absolute Gasteiger partial charge is 0.497 e. The van der Waals surface area contributed by atoms with Crippen molar-refractivity contribution in [3.63, 3.8) is 0 Å². The lowest BCUT2D eigenvalue weighted by Gasteiger charge is -2.23. The van der Waals surface area contributed by atoms with Crippen LogP contribution in [0.4, 0.5) is 5.69 Å². The van der Waals surface area contributed by atoms with Crippen molar-refractivity contribution in [3.05, 3.63) is 64.3 Å². The molecule has 8 heteroatoms. The molecule has 2 N–H and O–H groups in total. The molecule has 0 aliphatic rings. The summed E-state index contributed by atoms with van der Waals surface area (Å²) in [6.07, 6.45) is 0.218. The molecular weight excluding hydrogens is 401 g/mol. The number of halogens is 2. The van der Waals surface area contributed by atoms with E-state index in [9.17, 15) is 4.79 Å². The Morgan fingerprint density at radius 2 is 1.93 bits per heavy atom. The summed E-state index contributed by atoms with van der Waals surface area (Å²) >= 11 is 12.2. The number of carbonyl (C=O) groups is 1. The highest BCUT2D eigenvalue weighted by molar-refractivity contribution is 6.36. The molecule has 0 saturated heterocycles. The van der Waals surface area contributed by atoms with Crippen LogP contribution in [0.25, 0.3) is 11.3 Å². The number of methoxy groups -OCH3 is 1. The zero-order chi connectivity index (χ0) is 20.1. The Bertz CT molecular complexity index is 958. The normalized spacial score (nSPS) is 10.7. The molecule has 1 amide bonds. The minimum absolute atomic E-state index is 0.218. The van der Waals surface area contributed by atoms with Crippen molar-refractivity contribution >= 4 is 34.8 Å². The van der Waals surface area contributed by atoms with Crippen LogP contribution < -0.4 is 15.4 Å². The van der Waals surface area contributed by atoms with Crippen LogP contribution in [0.15, 0.2) is 53.1 Å². The summed E-state index contributed by atoms with van der Waals surface area (Å²) < 4.78 is 10.7. The van der Waals surface area contributed by atoms with Crippen molar-refractivity contribution in [2.45, 2.75) is 13.0 Å². The molecule has 1 heterocycles. The Labute approximate surface area is 172 Å². The van der Waals surface area contributed by atoms with Crippen molar-refractivity contribution in [1.82, 2.24) is 5.16 Å². The first kappa shape index (κ1) is 20.0. The van der Waals surface area contributed by atoms with E-state index in [1.807, 2.05) is 35.2 Å². The van der Waals surface area contributed by atoms with Crippen molar-refractivity contribution < 1.29 is 14.1 Å². The number of benzene rings is 2. The summed E-state index contributed by atoms with van der Waals surface area (Å²) in [4.78, 5) is 13.2. The zero-order valence-electron chi connectivity index (χ0n) is 15.2. The van der Waals surface area contributed by atoms with Gasteiger partial charge in [-0.05, 0) is 42.5 Å². The second kappa shape index (κ2) is 8.99. The second-order valence-corrected chi connectivity index (χ2v) is 6.98. The minimum atomic E-state index is -0.371. The Hall–Kier alpha value is -2.70. The first-order chi connectivity index (χ1) is 13.5. The minimum Gasteiger partial charge on any atom is -0.497 e. The molecule has 0 radical (unpaired) electrons. The Balaban J connectivity index is 1.82. The van der Waals surface area contributed by atoms with Gasteiger partial charge in [-0.25, -0.2) is 0 Å². The molecule has 0 atom stereocenters. The number of amides is 1. The van der Waals surface area contributed by atoms with Gasteiger partial charge in [-0.1, -0.05) is 28.4 Å². The van der Waals surface area contributed by atoms with Crippen LogP contribution in [0.3, 0.4) is 0 Å². The van der Waals surface area contributed by atoms with Gasteiger partial charge in [0.15, 0.2) is 5.76 Å². The lowest BCUT2D eigenvalue weighted by atomic mass is 10.1. The van der Waals surface area contributed by atoms with Gasteiger partial charge in [0.05, 0.1) is 18.7 Å². The number of hydrogen-bond donors (Lipinski definition) is 1. The maximum Gasteiger partial charge on any atom is 0.219 e. The topological polar surface area (TPSA) is 81.6 Å². The molecule has 0 unspecified atom stereocenters. The van der Waals surface area contributed by atoms with Gasteiger partial charge in [0, 0.05) is 35.3 Å². The molecule has 3 aromatic rings. The fraction of sp³-hybridized carbons (Fsp3) is 0.200. The molecule has 6 nitrogen and oxygen atoms in total. The van der Waals surface area contributed by atoms with Gasteiger partial charge in [-0.15, -0.1) is 0 Å². The summed E-state index contributed by atoms with van der Waals surface area (Å²) in [5, 5.41) is 5.15. The lowest BCUT2D eigenvalue weighted by molar-refractivity contribution is -0.117. The highest BCUT2D eigenvalue weighted by Gasteiger charge is 2.15. The van der Waals surface area contributed by atoms with Crippen LogP contribution in [0, 0.1) is 0 Å². The van der Waals surface area contributed by atoms with Gasteiger partial charge in [0.2, 0.25) is 5.91 Å². The first-order valence-corrected chi connectivity index (χ1v) is 9.30. The van der Waals surface area contributed by atoms with E-state index >= 15 is 0 Å². The van der Waals surface area contributed by atoms with Gasteiger partial charge >= 0.3 is 0 Å². The van der Waals surface area contributed by atoms with Crippen molar-refractivity contribution in [2.75, 3.05) is 18.6 Å². The molecule has 0 aliphatic heterocycles. The average molecular weight is 420 g/mol. The number of primary amides is 1. The van der Waals surface area contributed by atoms with Gasteiger partial charge < -0.3 is 19.9 Å². The Kier molecular flexibility index (Phi) is 6.44. The number of hydrogen-bond acceptors (Lipinski definition) is 5. The number of aromatic nitrogens is 1. The third-order valence-corrected chi connectivity index (χ3v) is 4.73. The summed E-state index contributed by atoms with van der Waals surface area (Å²) in [6, 6.07) is 14.5. The molecule has 0 spiro atoms. The summed E-state index contributed by atoms with van der Waals surface area (Å²) in [5.74, 6) is 1.00. The molecule has 0 saturated carbocycles. The first-order valence-electron chi connectivity index (χ1n) is 8.54. The van der Waals surface area contributed by atoms with E-state index in [1.54, 1.807) is 25.3 Å². The zero-order valence-corrected chi connectivity index (χ0v) is 16.7. The molecule has 0 fully saturated rings. The number of nitrogens with zero attached hydrogens (tertiary/aromatic N) is 2. The van der Waals surface area contributed by atoms with E-state index in [0.717, 1.165) is 17.0 Å². The van der Waals surface area contributed by atoms with E-state index in [1.165, 1.54) is 0 Å². The van der Waals surface area contributed by atoms with Crippen LogP contribution >= 0.6 is 23.2 Å². The molecule has 28 heavy (non-hydrogen) atoms. The molecular formula is C20H19Cl2N3O3. The Morgan fingerprint density at radius 3 is 2.57 bits per heavy atom. The summed E-state index contributed by atoms with van der Waals surface area (Å²) in [6.45, 7) is 0.858. The average Bonchev–Trinajstić information content (AvgIpc) is 3.13. The maximum absolute atomic E-state index is 11.3. The molecule has 2 aromatic carbocycles. The molecule has 3 rings (SSSR count). The molecule has 0 aliphatic carbocycles. The van der Waals surface area contributed by atoms with Crippen molar-refractivity contribution in [3.8, 4) is 17.0 Å². The fourth-order valence-corrected chi connectivity index (χ4v) is 3.24. The quantitative estimate of drug-likeness (QED) is 0.579. The van der Waals surface area contributed by atoms with Gasteiger partial charge in [-0.3, -0.25) is 4.79 Å². The highest BCUT2D eigenvalue weighted by Crippen LogP contribution is 2.30. The van der Waals surface area contributed by atoms with E-state index in [0.29, 0.717) is 34.6 Å². The third-order valence-electron chi connectivity index (χ3n) is 4.18. The van der Waals surface area contributed by atoms with E-state index < -0.39 is 0 Å². The van der Waals surface area contributed by atoms with Crippen molar-refractivity contribution in [1.29, 1.82) is 0 Å². The Morgan fingerprint density at radius 1 is 1.18 bits per heavy atom. The van der Waals surface area contributed by atoms with Gasteiger partial charge in [-0.2, -0.15) is 0 Å². The van der Waals surface area contributed by atoms with Crippen LogP contribution in [0.5, 0.6) is 5.75 Å². The molecule has 146 valence electrons. The molecule has 1 aromatic heterocycles. The molecule has 0 bridgehead atoms. The van der Waals surface area contributed by atoms with Crippen LogP contribution in [-0.4, -0.2) is 24.7 Å². The standard InChI is InChI=1S/C20H19Cl2N3O3/c1-27-15-5-3-14(4-6-15)25(9-8-20(23)26)12-16-11-19(24-28-16)17-7-2-13(21)10-18(17)22/h2-7,10-11H,8-9,12H2,1H3,(H2,23,26). The van der Waals surface area contributed by atoms with Crippen molar-refractivity contribution in [2.24, 2.45) is 5.73 Å². The summed E-state index contributed by atoms with van der Waals surface area (Å²) in [7, 11) is 1.61. The van der Waals surface area contributed by atoms with Gasteiger partial charge in [0.25, 0.3) is 0 Å². The van der Waals surface area contributed by atoms with E-state index in [2.05, 4.69) is 5.16 Å². The predicted octanol–water partition coefficient (Wildman–Crippen LogP) is 4.54. The number of carbonyl (C=O) groups excluding carboxylic acids is 1. The lowest BCUT2D eigenvalue weighted by Crippen LogP contribution is -2.27. The highest BCUT2D eigenvalue weighted by atomic mass is 35.5.